The molecule has 4 N–H and O–H groups in total. The molecule has 1 atom stereocenters. The molecule has 0 spiro atoms. The van der Waals surface area contributed by atoms with Crippen LogP contribution in [0.25, 0.3) is 0 Å². The van der Waals surface area contributed by atoms with Crippen LogP contribution in [0.5, 0.6) is 0 Å². The van der Waals surface area contributed by atoms with Gasteiger partial charge in [0.2, 0.25) is 4.34 Å². The molecule has 0 bridgehead atoms. The molecule has 2 amide bonds. The van der Waals surface area contributed by atoms with Crippen molar-refractivity contribution in [3.8, 4) is 0 Å². The number of nitrogens with two attached hydrogens (primary N) is 1. The van der Waals surface area contributed by atoms with Crippen LogP contribution in [0.2, 0.25) is 0 Å². The Labute approximate surface area is 182 Å². The van der Waals surface area contributed by atoms with E-state index in [1.54, 1.807) is 13.8 Å². The summed E-state index contributed by atoms with van der Waals surface area (Å²) in [4.78, 5) is 17.2. The monoisotopic (exact) mass is 498 g/mol. The van der Waals surface area contributed by atoms with Gasteiger partial charge in [0.05, 0.1) is 10.5 Å². The van der Waals surface area contributed by atoms with Crippen molar-refractivity contribution in [2.75, 3.05) is 5.32 Å². The van der Waals surface area contributed by atoms with Gasteiger partial charge in [0.25, 0.3) is 0 Å². The Bertz CT molecular complexity index is 1090. The topological polar surface area (TPSA) is 118 Å². The van der Waals surface area contributed by atoms with Crippen molar-refractivity contribution >= 4 is 48.9 Å². The summed E-state index contributed by atoms with van der Waals surface area (Å²) in [7, 11) is -3.51. The minimum Gasteiger partial charge on any atom is -0.385 e. The first kappa shape index (κ1) is 20.9. The van der Waals surface area contributed by atoms with Gasteiger partial charge in [0, 0.05) is 16.4 Å². The number of rotatable bonds is 3. The summed E-state index contributed by atoms with van der Waals surface area (Å²) in [6.45, 7) is 3.20. The van der Waals surface area contributed by atoms with Gasteiger partial charge in [-0.25, -0.2) is 19.1 Å². The molecule has 29 heavy (non-hydrogen) atoms. The number of carbonyl (C=O) groups is 1. The van der Waals surface area contributed by atoms with Crippen molar-refractivity contribution in [1.29, 1.82) is 0 Å². The Balaban J connectivity index is 1.67. The highest BCUT2D eigenvalue weighted by Crippen LogP contribution is 2.44. The van der Waals surface area contributed by atoms with Crippen LogP contribution in [-0.2, 0) is 41.2 Å². The number of hydrogen-bond donors (Lipinski definition) is 3. The Hall–Kier alpha value is -1.33. The van der Waals surface area contributed by atoms with Crippen LogP contribution in [0.15, 0.2) is 19.4 Å². The molecule has 1 aromatic heterocycles. The van der Waals surface area contributed by atoms with E-state index in [1.807, 2.05) is 0 Å². The number of anilines is 1. The van der Waals surface area contributed by atoms with Gasteiger partial charge in [-0.3, -0.25) is 0 Å². The zero-order chi connectivity index (χ0) is 21.0. The summed E-state index contributed by atoms with van der Waals surface area (Å²) in [6.07, 6.45) is 7.26. The Kier molecular flexibility index (Phi) is 5.35. The molecule has 1 aromatic carbocycles. The quantitative estimate of drug-likeness (QED) is 0.591. The summed E-state index contributed by atoms with van der Waals surface area (Å²) in [5.41, 5.74) is 4.47. The van der Waals surface area contributed by atoms with Crippen molar-refractivity contribution in [3.05, 3.63) is 37.8 Å². The normalized spacial score (nSPS) is 17.6. The first-order valence-corrected chi connectivity index (χ1v) is 12.7. The van der Waals surface area contributed by atoms with E-state index in [0.29, 0.717) is 4.88 Å². The fraction of sp³-hybridized carbons (Fsp3) is 0.474. The second kappa shape index (κ2) is 7.42. The van der Waals surface area contributed by atoms with Gasteiger partial charge in [-0.1, -0.05) is 15.9 Å². The Morgan fingerprint density at radius 2 is 1.79 bits per heavy atom. The van der Waals surface area contributed by atoms with Gasteiger partial charge < -0.3 is 10.4 Å². The van der Waals surface area contributed by atoms with Crippen LogP contribution in [0.3, 0.4) is 0 Å². The van der Waals surface area contributed by atoms with Gasteiger partial charge in [-0.05, 0) is 74.6 Å². The van der Waals surface area contributed by atoms with Gasteiger partial charge in [0.15, 0.2) is 9.92 Å². The largest absolute Gasteiger partial charge is 0.385 e. The number of carbonyl (C=O) groups excluding carboxylic acids is 1. The van der Waals surface area contributed by atoms with E-state index in [2.05, 4.69) is 30.6 Å². The second-order valence-corrected chi connectivity index (χ2v) is 11.7. The first-order valence-electron chi connectivity index (χ1n) is 9.47. The molecule has 4 rings (SSSR count). The number of nitrogens with zero attached hydrogens (tertiary/aromatic N) is 2. The molecule has 0 saturated heterocycles. The molecular weight excluding hydrogens is 476 g/mol. The maximum Gasteiger partial charge on any atom is 0.354 e. The zero-order valence-corrected chi connectivity index (χ0v) is 19.5. The predicted molar refractivity (Wildman–Crippen MR) is 118 cm³/mol. The number of nitrogens with one attached hydrogen (secondary N) is 1. The number of amides is 2. The summed E-state index contributed by atoms with van der Waals surface area (Å²) < 4.78 is 17.8. The highest BCUT2D eigenvalue weighted by atomic mass is 79.9. The van der Waals surface area contributed by atoms with E-state index in [1.165, 1.54) is 21.8 Å². The first-order chi connectivity index (χ1) is 13.6. The fourth-order valence-electron chi connectivity index (χ4n) is 4.01. The van der Waals surface area contributed by atoms with Crippen LogP contribution in [0.1, 0.15) is 53.8 Å². The molecule has 10 heteroatoms. The maximum atomic E-state index is 12.9. The average Bonchev–Trinajstić information content (AvgIpc) is 3.37. The number of hydrogen-bond acceptors (Lipinski definition) is 5. The lowest BCUT2D eigenvalue weighted by Crippen LogP contribution is -2.19. The van der Waals surface area contributed by atoms with Gasteiger partial charge >= 0.3 is 6.03 Å². The minimum absolute atomic E-state index is 0.0241. The van der Waals surface area contributed by atoms with Crippen LogP contribution in [0, 0.1) is 0 Å². The molecule has 0 unspecified atom stereocenters. The van der Waals surface area contributed by atoms with Crippen LogP contribution in [0.4, 0.5) is 10.5 Å². The van der Waals surface area contributed by atoms with Crippen molar-refractivity contribution in [2.24, 2.45) is 9.50 Å². The SMILES string of the molecule is CC(C)(O)c1cnc([S@@](N)(=O)=NC(=O)Nc2c3c(c(Br)c4c2CCC4)CCC3)s1. The van der Waals surface area contributed by atoms with E-state index in [0.717, 1.165) is 66.7 Å². The van der Waals surface area contributed by atoms with Crippen LogP contribution < -0.4 is 10.5 Å². The average molecular weight is 499 g/mol. The molecular formula is C19H23BrN4O3S2. The Morgan fingerprint density at radius 1 is 1.24 bits per heavy atom. The summed E-state index contributed by atoms with van der Waals surface area (Å²) in [5, 5.41) is 18.8. The number of benzene rings is 1. The van der Waals surface area contributed by atoms with E-state index >= 15 is 0 Å². The molecule has 7 nitrogen and oxygen atoms in total. The zero-order valence-electron chi connectivity index (χ0n) is 16.2. The van der Waals surface area contributed by atoms with Crippen LogP contribution >= 0.6 is 27.3 Å². The lowest BCUT2D eigenvalue weighted by Gasteiger charge is -2.17. The summed E-state index contributed by atoms with van der Waals surface area (Å²) in [6, 6.07) is -0.733. The molecule has 2 aromatic rings. The van der Waals surface area contributed by atoms with Gasteiger partial charge in [0.1, 0.15) is 0 Å². The van der Waals surface area contributed by atoms with Crippen molar-refractivity contribution in [1.82, 2.24) is 4.98 Å². The summed E-state index contributed by atoms with van der Waals surface area (Å²) >= 11 is 4.75. The minimum atomic E-state index is -3.51. The van der Waals surface area contributed by atoms with Crippen molar-refractivity contribution in [3.63, 3.8) is 0 Å². The standard InChI is InChI=1S/C19H23BrN4O3S2/c1-19(2,26)14-9-22-18(28-14)29(21,27)24-17(25)23-16-12-7-3-5-10(12)15(20)11-6-4-8-13(11)16/h9,26H,3-8H2,1-2H3,(H3,21,23,24,25,27)/t29-/m0/s1. The van der Waals surface area contributed by atoms with E-state index in [4.69, 9.17) is 5.14 Å². The highest BCUT2D eigenvalue weighted by molar-refractivity contribution is 9.10. The number of aliphatic hydroxyl groups is 1. The smallest absolute Gasteiger partial charge is 0.354 e. The molecule has 1 heterocycles. The molecule has 2 aliphatic carbocycles. The summed E-state index contributed by atoms with van der Waals surface area (Å²) in [5.74, 6) is 0. The number of urea groups is 1. The third-order valence-corrected chi connectivity index (χ3v) is 9.43. The molecule has 156 valence electrons. The number of halogens is 1. The van der Waals surface area contributed by atoms with E-state index in [9.17, 15) is 14.1 Å². The fourth-order valence-corrected chi connectivity index (χ4v) is 6.96. The number of thiazole rings is 1. The van der Waals surface area contributed by atoms with Crippen molar-refractivity contribution < 1.29 is 14.1 Å². The third-order valence-electron chi connectivity index (χ3n) is 5.36. The number of fused-ring (bicyclic) bond motifs is 2. The molecule has 2 aliphatic rings. The lowest BCUT2D eigenvalue weighted by atomic mass is 9.99. The van der Waals surface area contributed by atoms with Gasteiger partial charge in [-0.15, -0.1) is 15.7 Å². The van der Waals surface area contributed by atoms with E-state index < -0.39 is 21.5 Å². The van der Waals surface area contributed by atoms with Crippen molar-refractivity contribution in [2.45, 2.75) is 62.3 Å². The molecule has 0 radical (unpaired) electrons. The highest BCUT2D eigenvalue weighted by Gasteiger charge is 2.29. The molecule has 0 fully saturated rings. The second-order valence-electron chi connectivity index (χ2n) is 7.95. The molecule has 0 aliphatic heterocycles. The maximum absolute atomic E-state index is 12.9. The van der Waals surface area contributed by atoms with E-state index in [-0.39, 0.29) is 4.34 Å². The Morgan fingerprint density at radius 3 is 2.31 bits per heavy atom. The van der Waals surface area contributed by atoms with Crippen LogP contribution in [-0.4, -0.2) is 20.3 Å². The van der Waals surface area contributed by atoms with Gasteiger partial charge in [-0.2, -0.15) is 0 Å². The number of aromatic nitrogens is 1. The molecule has 0 saturated carbocycles. The third kappa shape index (κ3) is 3.88. The predicted octanol–water partition coefficient (Wildman–Crippen LogP) is 4.04. The lowest BCUT2D eigenvalue weighted by molar-refractivity contribution is 0.0823.